The van der Waals surface area contributed by atoms with Crippen molar-refractivity contribution < 1.29 is 0 Å². The summed E-state index contributed by atoms with van der Waals surface area (Å²) >= 11 is 9.97. The van der Waals surface area contributed by atoms with Crippen molar-refractivity contribution in [3.05, 3.63) is 43.7 Å². The molecule has 0 bridgehead atoms. The highest BCUT2D eigenvalue weighted by Gasteiger charge is 2.19. The van der Waals surface area contributed by atoms with Gasteiger partial charge in [0.25, 0.3) is 0 Å². The number of alkyl halides is 1. The van der Waals surface area contributed by atoms with Gasteiger partial charge in [0.1, 0.15) is 10.8 Å². The van der Waals surface area contributed by atoms with Gasteiger partial charge in [0.2, 0.25) is 0 Å². The minimum Gasteiger partial charge on any atom is -0.318 e. The van der Waals surface area contributed by atoms with Gasteiger partial charge >= 0.3 is 0 Å². The molecule has 110 valence electrons. The van der Waals surface area contributed by atoms with Crippen LogP contribution in [-0.4, -0.2) is 20.4 Å². The molecule has 3 aromatic rings. The molecule has 2 aromatic heterocycles. The van der Waals surface area contributed by atoms with Crippen molar-refractivity contribution in [2.75, 3.05) is 5.88 Å². The fraction of sp³-hybridized carbons (Fsp3) is 0.333. The van der Waals surface area contributed by atoms with Gasteiger partial charge in [0.15, 0.2) is 0 Å². The minimum atomic E-state index is 0.173. The van der Waals surface area contributed by atoms with Gasteiger partial charge in [0, 0.05) is 26.9 Å². The molecule has 0 spiro atoms. The summed E-state index contributed by atoms with van der Waals surface area (Å²) in [6.07, 6.45) is 0.765. The largest absolute Gasteiger partial charge is 0.318 e. The molecule has 0 saturated heterocycles. The second-order valence-corrected chi connectivity index (χ2v) is 7.49. The fourth-order valence-corrected chi connectivity index (χ4v) is 3.98. The first-order chi connectivity index (χ1) is 10.1. The third kappa shape index (κ3) is 2.96. The van der Waals surface area contributed by atoms with Crippen molar-refractivity contribution in [2.24, 2.45) is 0 Å². The zero-order valence-corrected chi connectivity index (χ0v) is 15.5. The average molecular weight is 432 g/mol. The summed E-state index contributed by atoms with van der Waals surface area (Å²) < 4.78 is 3.46. The van der Waals surface area contributed by atoms with E-state index in [0.717, 1.165) is 34.0 Å². The normalized spacial score (nSPS) is 13.0. The molecule has 1 unspecified atom stereocenters. The summed E-state index contributed by atoms with van der Waals surface area (Å²) in [5, 5.41) is 3.20. The van der Waals surface area contributed by atoms with Crippen LogP contribution in [0.3, 0.4) is 0 Å². The van der Waals surface area contributed by atoms with Crippen LogP contribution in [0.15, 0.2) is 23.6 Å². The summed E-state index contributed by atoms with van der Waals surface area (Å²) in [6.45, 7) is 4.20. The van der Waals surface area contributed by atoms with E-state index in [1.807, 2.05) is 6.92 Å². The van der Waals surface area contributed by atoms with Crippen LogP contribution >= 0.6 is 45.5 Å². The third-order valence-corrected chi connectivity index (χ3v) is 5.42. The lowest BCUT2D eigenvalue weighted by Crippen LogP contribution is -2.11. The molecule has 0 N–H and O–H groups in total. The molecule has 3 nitrogen and oxygen atoms in total. The Balaban J connectivity index is 2.16. The van der Waals surface area contributed by atoms with Crippen molar-refractivity contribution in [1.82, 2.24) is 14.5 Å². The molecule has 1 aromatic carbocycles. The number of fused-ring (bicyclic) bond motifs is 1. The van der Waals surface area contributed by atoms with Gasteiger partial charge in [-0.25, -0.2) is 9.97 Å². The first kappa shape index (κ1) is 15.2. The van der Waals surface area contributed by atoms with Crippen molar-refractivity contribution in [1.29, 1.82) is 0 Å². The van der Waals surface area contributed by atoms with E-state index in [1.165, 1.54) is 3.57 Å². The van der Waals surface area contributed by atoms with Gasteiger partial charge in [-0.15, -0.1) is 22.9 Å². The lowest BCUT2D eigenvalue weighted by molar-refractivity contribution is 0.619. The molecule has 21 heavy (non-hydrogen) atoms. The lowest BCUT2D eigenvalue weighted by atomic mass is 10.2. The van der Waals surface area contributed by atoms with E-state index < -0.39 is 0 Å². The summed E-state index contributed by atoms with van der Waals surface area (Å²) in [7, 11) is 0. The third-order valence-electron chi connectivity index (χ3n) is 3.42. The van der Waals surface area contributed by atoms with Gasteiger partial charge in [-0.3, -0.25) is 0 Å². The topological polar surface area (TPSA) is 30.7 Å². The first-order valence-corrected chi connectivity index (χ1v) is 9.24. The van der Waals surface area contributed by atoms with Gasteiger partial charge < -0.3 is 4.57 Å². The number of aromatic nitrogens is 3. The van der Waals surface area contributed by atoms with E-state index in [1.54, 1.807) is 11.3 Å². The Kier molecular flexibility index (Phi) is 4.51. The number of aryl methyl sites for hydroxylation is 2. The number of rotatable bonds is 4. The Hall–Kier alpha value is -0.660. The van der Waals surface area contributed by atoms with E-state index in [0.29, 0.717) is 5.88 Å². The summed E-state index contributed by atoms with van der Waals surface area (Å²) in [5.74, 6) is 1.60. The molecule has 0 amide bonds. The van der Waals surface area contributed by atoms with Crippen molar-refractivity contribution in [2.45, 2.75) is 26.3 Å². The van der Waals surface area contributed by atoms with Gasteiger partial charge in [-0.1, -0.05) is 0 Å². The predicted octanol–water partition coefficient (Wildman–Crippen LogP) is 4.80. The van der Waals surface area contributed by atoms with E-state index in [2.05, 4.69) is 62.6 Å². The predicted molar refractivity (Wildman–Crippen MR) is 97.5 cm³/mol. The molecule has 0 aliphatic carbocycles. The SMILES string of the molecule is Cc1csc(C(C)n2c(CCCl)nc3cc(I)ccc32)n1. The molecule has 0 fully saturated rings. The highest BCUT2D eigenvalue weighted by molar-refractivity contribution is 14.1. The molecular formula is C15H15ClIN3S. The maximum Gasteiger partial charge on any atom is 0.116 e. The molecule has 1 atom stereocenters. The monoisotopic (exact) mass is 431 g/mol. The molecule has 0 saturated carbocycles. The van der Waals surface area contributed by atoms with E-state index in [-0.39, 0.29) is 6.04 Å². The quantitative estimate of drug-likeness (QED) is 0.439. The zero-order chi connectivity index (χ0) is 15.0. The van der Waals surface area contributed by atoms with Crippen LogP contribution in [-0.2, 0) is 6.42 Å². The molecule has 6 heteroatoms. The number of hydrogen-bond donors (Lipinski definition) is 0. The highest BCUT2D eigenvalue weighted by Crippen LogP contribution is 2.29. The van der Waals surface area contributed by atoms with E-state index >= 15 is 0 Å². The molecular weight excluding hydrogens is 417 g/mol. The van der Waals surface area contributed by atoms with Crippen molar-refractivity contribution >= 4 is 56.6 Å². The number of thiazole rings is 1. The van der Waals surface area contributed by atoms with Crippen molar-refractivity contribution in [3.8, 4) is 0 Å². The Morgan fingerprint density at radius 1 is 1.38 bits per heavy atom. The number of hydrogen-bond acceptors (Lipinski definition) is 3. The number of nitrogens with zero attached hydrogens (tertiary/aromatic N) is 3. The molecule has 0 aliphatic rings. The molecule has 2 heterocycles. The maximum absolute atomic E-state index is 5.95. The van der Waals surface area contributed by atoms with Crippen LogP contribution < -0.4 is 0 Å². The first-order valence-electron chi connectivity index (χ1n) is 6.74. The van der Waals surface area contributed by atoms with Crippen LogP contribution in [0.25, 0.3) is 11.0 Å². The van der Waals surface area contributed by atoms with Gasteiger partial charge in [-0.05, 0) is 54.6 Å². The Bertz CT molecular complexity index is 780. The van der Waals surface area contributed by atoms with Crippen LogP contribution in [0.1, 0.15) is 29.5 Å². The van der Waals surface area contributed by atoms with Gasteiger partial charge in [0.05, 0.1) is 17.1 Å². The summed E-state index contributed by atoms with van der Waals surface area (Å²) in [6, 6.07) is 6.54. The van der Waals surface area contributed by atoms with Crippen LogP contribution in [0.5, 0.6) is 0 Å². The van der Waals surface area contributed by atoms with E-state index in [4.69, 9.17) is 16.6 Å². The maximum atomic E-state index is 5.95. The summed E-state index contributed by atoms with van der Waals surface area (Å²) in [4.78, 5) is 9.39. The number of benzene rings is 1. The number of halogens is 2. The van der Waals surface area contributed by atoms with Gasteiger partial charge in [-0.2, -0.15) is 0 Å². The van der Waals surface area contributed by atoms with Crippen LogP contribution in [0.2, 0.25) is 0 Å². The Labute approximate surface area is 146 Å². The Morgan fingerprint density at radius 2 is 2.19 bits per heavy atom. The minimum absolute atomic E-state index is 0.173. The average Bonchev–Trinajstić information content (AvgIpc) is 3.01. The molecule has 0 aliphatic heterocycles. The highest BCUT2D eigenvalue weighted by atomic mass is 127. The Morgan fingerprint density at radius 3 is 2.86 bits per heavy atom. The number of imidazole rings is 1. The lowest BCUT2D eigenvalue weighted by Gasteiger charge is -2.15. The smallest absolute Gasteiger partial charge is 0.116 e. The standard InChI is InChI=1S/C15H15ClIN3S/c1-9-8-21-15(18-9)10(2)20-13-4-3-11(17)7-12(13)19-14(20)5-6-16/h3-4,7-8,10H,5-6H2,1-2H3. The van der Waals surface area contributed by atoms with Crippen molar-refractivity contribution in [3.63, 3.8) is 0 Å². The fourth-order valence-electron chi connectivity index (χ4n) is 2.49. The second kappa shape index (κ2) is 6.22. The second-order valence-electron chi connectivity index (χ2n) is 4.97. The zero-order valence-electron chi connectivity index (χ0n) is 11.8. The van der Waals surface area contributed by atoms with Crippen LogP contribution in [0.4, 0.5) is 0 Å². The molecule has 3 rings (SSSR count). The van der Waals surface area contributed by atoms with Crippen LogP contribution in [0, 0.1) is 10.5 Å². The molecule has 0 radical (unpaired) electrons. The summed E-state index contributed by atoms with van der Waals surface area (Å²) in [5.41, 5.74) is 3.25. The van der Waals surface area contributed by atoms with E-state index in [9.17, 15) is 0 Å².